The molecule has 3 rings (SSSR count). The van der Waals surface area contributed by atoms with E-state index in [1.807, 2.05) is 19.1 Å². The van der Waals surface area contributed by atoms with Crippen molar-refractivity contribution in [2.75, 3.05) is 38.2 Å². The Morgan fingerprint density at radius 1 is 1.10 bits per heavy atom. The van der Waals surface area contributed by atoms with Crippen molar-refractivity contribution in [3.05, 3.63) is 59.7 Å². The summed E-state index contributed by atoms with van der Waals surface area (Å²) in [6.45, 7) is 2.55. The van der Waals surface area contributed by atoms with Gasteiger partial charge in [0.05, 0.1) is 23.7 Å². The summed E-state index contributed by atoms with van der Waals surface area (Å²) in [6, 6.07) is 12.8. The summed E-state index contributed by atoms with van der Waals surface area (Å²) in [5, 5.41) is 2.67. The zero-order valence-electron chi connectivity index (χ0n) is 16.0. The number of carbonyl (C=O) groups is 2. The van der Waals surface area contributed by atoms with Gasteiger partial charge in [-0.1, -0.05) is 24.3 Å². The van der Waals surface area contributed by atoms with Crippen molar-refractivity contribution in [2.45, 2.75) is 11.8 Å². The predicted molar refractivity (Wildman–Crippen MR) is 106 cm³/mol. The molecule has 29 heavy (non-hydrogen) atoms. The quantitative estimate of drug-likeness (QED) is 0.718. The van der Waals surface area contributed by atoms with Gasteiger partial charge in [0.15, 0.2) is 6.61 Å². The van der Waals surface area contributed by atoms with Gasteiger partial charge in [-0.2, -0.15) is 4.31 Å². The predicted octanol–water partition coefficient (Wildman–Crippen LogP) is 1.81. The van der Waals surface area contributed by atoms with Gasteiger partial charge < -0.3 is 14.8 Å². The van der Waals surface area contributed by atoms with Gasteiger partial charge in [-0.15, -0.1) is 0 Å². The fourth-order valence-corrected chi connectivity index (χ4v) is 4.29. The molecule has 0 bridgehead atoms. The van der Waals surface area contributed by atoms with Crippen LogP contribution in [0.1, 0.15) is 15.9 Å². The molecule has 0 saturated carbocycles. The van der Waals surface area contributed by atoms with Gasteiger partial charge in [-0.25, -0.2) is 13.2 Å². The summed E-state index contributed by atoms with van der Waals surface area (Å²) < 4.78 is 37.0. The van der Waals surface area contributed by atoms with Gasteiger partial charge in [0, 0.05) is 18.8 Å². The standard InChI is InChI=1S/C20H22N2O6S/c1-15-5-2-3-8-18(15)21-19(23)14-28-20(24)16-6-4-7-17(13-16)29(25,26)22-9-11-27-12-10-22/h2-8,13H,9-12,14H2,1H3,(H,21,23). The zero-order chi connectivity index (χ0) is 20.9. The summed E-state index contributed by atoms with van der Waals surface area (Å²) in [5.74, 6) is -1.26. The zero-order valence-corrected chi connectivity index (χ0v) is 16.8. The highest BCUT2D eigenvalue weighted by Gasteiger charge is 2.27. The number of nitrogens with one attached hydrogen (secondary N) is 1. The fraction of sp³-hybridized carbons (Fsp3) is 0.300. The highest BCUT2D eigenvalue weighted by atomic mass is 32.2. The summed E-state index contributed by atoms with van der Waals surface area (Å²) in [5.41, 5.74) is 1.57. The molecule has 1 N–H and O–H groups in total. The minimum absolute atomic E-state index is 0.00166. The first-order valence-corrected chi connectivity index (χ1v) is 10.5. The Morgan fingerprint density at radius 2 is 1.83 bits per heavy atom. The number of esters is 1. The molecular weight excluding hydrogens is 396 g/mol. The van der Waals surface area contributed by atoms with Gasteiger partial charge in [-0.3, -0.25) is 4.79 Å². The molecule has 9 heteroatoms. The smallest absolute Gasteiger partial charge is 0.338 e. The van der Waals surface area contributed by atoms with Crippen LogP contribution in [0.15, 0.2) is 53.4 Å². The Hall–Kier alpha value is -2.75. The van der Waals surface area contributed by atoms with E-state index in [1.165, 1.54) is 28.6 Å². The number of rotatable bonds is 6. The first kappa shape index (κ1) is 21.0. The molecule has 154 valence electrons. The molecule has 0 radical (unpaired) electrons. The molecule has 0 aromatic heterocycles. The van der Waals surface area contributed by atoms with E-state index in [-0.39, 0.29) is 23.5 Å². The average Bonchev–Trinajstić information content (AvgIpc) is 2.74. The lowest BCUT2D eigenvalue weighted by molar-refractivity contribution is -0.119. The van der Waals surface area contributed by atoms with Crippen LogP contribution in [-0.4, -0.2) is 57.5 Å². The minimum atomic E-state index is -3.73. The van der Waals surface area contributed by atoms with Crippen LogP contribution in [0.4, 0.5) is 5.69 Å². The summed E-state index contributed by atoms with van der Waals surface area (Å²) in [4.78, 5) is 24.3. The molecule has 1 aliphatic heterocycles. The third kappa shape index (κ3) is 5.20. The highest BCUT2D eigenvalue weighted by Crippen LogP contribution is 2.19. The van der Waals surface area contributed by atoms with E-state index in [4.69, 9.17) is 9.47 Å². The van der Waals surface area contributed by atoms with E-state index >= 15 is 0 Å². The Kier molecular flexibility index (Phi) is 6.63. The molecule has 1 heterocycles. The molecule has 1 fully saturated rings. The molecule has 2 aromatic carbocycles. The highest BCUT2D eigenvalue weighted by molar-refractivity contribution is 7.89. The van der Waals surface area contributed by atoms with Crippen LogP contribution in [-0.2, 0) is 24.3 Å². The number of hydrogen-bond donors (Lipinski definition) is 1. The van der Waals surface area contributed by atoms with Crippen molar-refractivity contribution < 1.29 is 27.5 Å². The van der Waals surface area contributed by atoms with Crippen molar-refractivity contribution in [1.82, 2.24) is 4.31 Å². The molecular formula is C20H22N2O6S. The molecule has 0 spiro atoms. The Morgan fingerprint density at radius 3 is 2.55 bits per heavy atom. The second-order valence-electron chi connectivity index (χ2n) is 6.48. The van der Waals surface area contributed by atoms with Crippen LogP contribution < -0.4 is 5.32 Å². The molecule has 8 nitrogen and oxygen atoms in total. The number of anilines is 1. The molecule has 0 atom stereocenters. The van der Waals surface area contributed by atoms with Crippen LogP contribution in [0.25, 0.3) is 0 Å². The molecule has 1 amide bonds. The van der Waals surface area contributed by atoms with Crippen LogP contribution in [0.5, 0.6) is 0 Å². The van der Waals surface area contributed by atoms with Crippen molar-refractivity contribution in [3.63, 3.8) is 0 Å². The number of amides is 1. The molecule has 2 aromatic rings. The van der Waals surface area contributed by atoms with Gasteiger partial charge in [-0.05, 0) is 36.8 Å². The molecule has 0 unspecified atom stereocenters. The van der Waals surface area contributed by atoms with E-state index in [9.17, 15) is 18.0 Å². The van der Waals surface area contributed by atoms with Crippen LogP contribution >= 0.6 is 0 Å². The van der Waals surface area contributed by atoms with Gasteiger partial charge >= 0.3 is 5.97 Å². The number of morpholine rings is 1. The van der Waals surface area contributed by atoms with E-state index in [2.05, 4.69) is 5.32 Å². The van der Waals surface area contributed by atoms with E-state index in [0.29, 0.717) is 18.9 Å². The second kappa shape index (κ2) is 9.17. The number of sulfonamides is 1. The first-order valence-electron chi connectivity index (χ1n) is 9.08. The fourth-order valence-electron chi connectivity index (χ4n) is 2.83. The Balaban J connectivity index is 1.63. The Bertz CT molecular complexity index is 1000. The summed E-state index contributed by atoms with van der Waals surface area (Å²) >= 11 is 0. The topological polar surface area (TPSA) is 102 Å². The lowest BCUT2D eigenvalue weighted by Crippen LogP contribution is -2.40. The summed E-state index contributed by atoms with van der Waals surface area (Å²) in [7, 11) is -3.73. The van der Waals surface area contributed by atoms with Crippen molar-refractivity contribution >= 4 is 27.6 Å². The SMILES string of the molecule is Cc1ccccc1NC(=O)COC(=O)c1cccc(S(=O)(=O)N2CCOCC2)c1. The third-order valence-corrected chi connectivity index (χ3v) is 6.33. The third-order valence-electron chi connectivity index (χ3n) is 4.43. The second-order valence-corrected chi connectivity index (χ2v) is 8.42. The van der Waals surface area contributed by atoms with Crippen molar-refractivity contribution in [2.24, 2.45) is 0 Å². The maximum atomic E-state index is 12.7. The number of ether oxygens (including phenoxy) is 2. The molecule has 1 saturated heterocycles. The largest absolute Gasteiger partial charge is 0.452 e. The normalized spacial score (nSPS) is 14.9. The van der Waals surface area contributed by atoms with Gasteiger partial charge in [0.25, 0.3) is 5.91 Å². The number of benzene rings is 2. The maximum Gasteiger partial charge on any atom is 0.338 e. The minimum Gasteiger partial charge on any atom is -0.452 e. The number of carbonyl (C=O) groups excluding carboxylic acids is 2. The van der Waals surface area contributed by atoms with Crippen LogP contribution in [0.2, 0.25) is 0 Å². The van der Waals surface area contributed by atoms with Crippen LogP contribution in [0, 0.1) is 6.92 Å². The average molecular weight is 418 g/mol. The monoisotopic (exact) mass is 418 g/mol. The van der Waals surface area contributed by atoms with Crippen LogP contribution in [0.3, 0.4) is 0 Å². The number of aryl methyl sites for hydroxylation is 1. The van der Waals surface area contributed by atoms with Gasteiger partial charge in [0.1, 0.15) is 0 Å². The van der Waals surface area contributed by atoms with E-state index in [0.717, 1.165) is 5.56 Å². The van der Waals surface area contributed by atoms with E-state index < -0.39 is 28.5 Å². The number of para-hydroxylation sites is 1. The molecule has 0 aliphatic carbocycles. The summed E-state index contributed by atoms with van der Waals surface area (Å²) in [6.07, 6.45) is 0. The lowest BCUT2D eigenvalue weighted by atomic mass is 10.2. The van der Waals surface area contributed by atoms with Crippen molar-refractivity contribution in [3.8, 4) is 0 Å². The Labute approximate surface area is 169 Å². The molecule has 1 aliphatic rings. The van der Waals surface area contributed by atoms with Crippen molar-refractivity contribution in [1.29, 1.82) is 0 Å². The first-order chi connectivity index (χ1) is 13.9. The number of nitrogens with zero attached hydrogens (tertiary/aromatic N) is 1. The van der Waals surface area contributed by atoms with E-state index in [1.54, 1.807) is 12.1 Å². The van der Waals surface area contributed by atoms with Gasteiger partial charge in [0.2, 0.25) is 10.0 Å². The maximum absolute atomic E-state index is 12.7. The lowest BCUT2D eigenvalue weighted by Gasteiger charge is -2.26. The number of hydrogen-bond acceptors (Lipinski definition) is 6.